The number of ether oxygens (including phenoxy) is 1. The Morgan fingerprint density at radius 1 is 1.11 bits per heavy atom. The zero-order valence-corrected chi connectivity index (χ0v) is 16.7. The van der Waals surface area contributed by atoms with Gasteiger partial charge in [0, 0.05) is 25.0 Å². The molecule has 1 aromatic carbocycles. The lowest BCUT2D eigenvalue weighted by molar-refractivity contribution is 0.130. The van der Waals surface area contributed by atoms with Crippen LogP contribution in [-0.4, -0.2) is 36.9 Å². The zero-order chi connectivity index (χ0) is 18.9. The minimum absolute atomic E-state index is 0.217. The maximum atomic E-state index is 13.2. The Bertz CT molecular complexity index is 933. The molecule has 1 atom stereocenters. The van der Waals surface area contributed by atoms with E-state index < -0.39 is 10.0 Å². The highest BCUT2D eigenvalue weighted by molar-refractivity contribution is 7.89. The molecule has 0 radical (unpaired) electrons. The minimum atomic E-state index is -3.52. The lowest BCUT2D eigenvalue weighted by Gasteiger charge is -2.32. The molecule has 1 aliphatic heterocycles. The topological polar surface area (TPSA) is 59.5 Å². The second-order valence-corrected chi connectivity index (χ2v) is 9.53. The first-order valence-electron chi connectivity index (χ1n) is 9.42. The number of fused-ring (bicyclic) bond motifs is 1. The molecule has 1 unspecified atom stereocenters. The fourth-order valence-electron chi connectivity index (χ4n) is 3.88. The standard InChI is InChI=1S/C20H23ClN2O3S/c21-19-13-22-10-9-20(19)26-17-6-3-11-23(14-17)27(24,25)18-8-7-15-4-1-2-5-16(15)12-18/h7-10,12-13,17H,1-6,11,14H2. The van der Waals surface area contributed by atoms with Crippen molar-refractivity contribution in [2.75, 3.05) is 13.1 Å². The highest BCUT2D eigenvalue weighted by Crippen LogP contribution is 2.29. The number of halogens is 1. The van der Waals surface area contributed by atoms with Gasteiger partial charge >= 0.3 is 0 Å². The first-order valence-corrected chi connectivity index (χ1v) is 11.2. The Hall–Kier alpha value is -1.63. The van der Waals surface area contributed by atoms with Crippen LogP contribution in [0.2, 0.25) is 5.02 Å². The average Bonchev–Trinajstić information content (AvgIpc) is 2.69. The number of aryl methyl sites for hydroxylation is 2. The Kier molecular flexibility index (Phi) is 5.39. The van der Waals surface area contributed by atoms with Crippen molar-refractivity contribution in [2.45, 2.75) is 49.5 Å². The van der Waals surface area contributed by atoms with Crippen LogP contribution < -0.4 is 4.74 Å². The minimum Gasteiger partial charge on any atom is -0.487 e. The summed E-state index contributed by atoms with van der Waals surface area (Å²) in [7, 11) is -3.52. The Balaban J connectivity index is 1.52. The summed E-state index contributed by atoms with van der Waals surface area (Å²) in [5.74, 6) is 0.546. The molecule has 1 aromatic heterocycles. The summed E-state index contributed by atoms with van der Waals surface area (Å²) in [5, 5.41) is 0.437. The summed E-state index contributed by atoms with van der Waals surface area (Å²) in [6.07, 6.45) is 8.81. The highest BCUT2D eigenvalue weighted by atomic mass is 35.5. The van der Waals surface area contributed by atoms with E-state index in [-0.39, 0.29) is 6.10 Å². The third-order valence-corrected chi connectivity index (χ3v) is 7.47. The van der Waals surface area contributed by atoms with E-state index in [9.17, 15) is 8.42 Å². The lowest BCUT2D eigenvalue weighted by atomic mass is 9.92. The first-order chi connectivity index (χ1) is 13.0. The van der Waals surface area contributed by atoms with Gasteiger partial charge in [-0.1, -0.05) is 17.7 Å². The molecule has 2 heterocycles. The molecule has 144 valence electrons. The third-order valence-electron chi connectivity index (χ3n) is 5.33. The lowest BCUT2D eigenvalue weighted by Crippen LogP contribution is -2.44. The van der Waals surface area contributed by atoms with E-state index in [1.54, 1.807) is 22.6 Å². The van der Waals surface area contributed by atoms with Crippen LogP contribution in [0.25, 0.3) is 0 Å². The number of benzene rings is 1. The summed E-state index contributed by atoms with van der Waals surface area (Å²) in [5.41, 5.74) is 2.46. The van der Waals surface area contributed by atoms with Crippen molar-refractivity contribution in [1.29, 1.82) is 0 Å². The van der Waals surface area contributed by atoms with Crippen LogP contribution in [0, 0.1) is 0 Å². The summed E-state index contributed by atoms with van der Waals surface area (Å²) in [6, 6.07) is 7.31. The summed E-state index contributed by atoms with van der Waals surface area (Å²) >= 11 is 6.11. The van der Waals surface area contributed by atoms with Crippen molar-refractivity contribution in [3.63, 3.8) is 0 Å². The van der Waals surface area contributed by atoms with Crippen LogP contribution in [0.4, 0.5) is 0 Å². The molecule has 5 nitrogen and oxygen atoms in total. The second kappa shape index (κ2) is 7.78. The van der Waals surface area contributed by atoms with Crippen molar-refractivity contribution in [3.05, 3.63) is 52.8 Å². The van der Waals surface area contributed by atoms with Crippen LogP contribution in [0.5, 0.6) is 5.75 Å². The Morgan fingerprint density at radius 2 is 1.93 bits per heavy atom. The molecular weight excluding hydrogens is 384 g/mol. The number of pyridine rings is 1. The van der Waals surface area contributed by atoms with E-state index in [4.69, 9.17) is 16.3 Å². The number of piperidine rings is 1. The smallest absolute Gasteiger partial charge is 0.243 e. The SMILES string of the molecule is O=S(=O)(c1ccc2c(c1)CCCC2)N1CCCC(Oc2ccncc2Cl)C1. The van der Waals surface area contributed by atoms with E-state index in [1.165, 1.54) is 23.7 Å². The predicted molar refractivity (Wildman–Crippen MR) is 105 cm³/mol. The number of hydrogen-bond donors (Lipinski definition) is 0. The average molecular weight is 407 g/mol. The predicted octanol–water partition coefficient (Wildman–Crippen LogP) is 3.85. The number of hydrogen-bond acceptors (Lipinski definition) is 4. The maximum absolute atomic E-state index is 13.2. The van der Waals surface area contributed by atoms with Gasteiger partial charge < -0.3 is 4.74 Å². The molecule has 0 N–H and O–H groups in total. The number of rotatable bonds is 4. The van der Waals surface area contributed by atoms with Crippen LogP contribution >= 0.6 is 11.6 Å². The van der Waals surface area contributed by atoms with Gasteiger partial charge in [0.1, 0.15) is 16.9 Å². The third kappa shape index (κ3) is 3.98. The van der Waals surface area contributed by atoms with Gasteiger partial charge in [0.15, 0.2) is 0 Å². The molecule has 1 fully saturated rings. The molecule has 0 bridgehead atoms. The molecule has 0 amide bonds. The van der Waals surface area contributed by atoms with Gasteiger partial charge in [0.05, 0.1) is 11.4 Å². The summed E-state index contributed by atoms with van der Waals surface area (Å²) < 4.78 is 33.8. The normalized spacial score (nSPS) is 20.9. The molecule has 0 saturated carbocycles. The molecular formula is C20H23ClN2O3S. The molecule has 4 rings (SSSR count). The van der Waals surface area contributed by atoms with Gasteiger partial charge in [0.25, 0.3) is 0 Å². The van der Waals surface area contributed by atoms with Gasteiger partial charge in [0.2, 0.25) is 10.0 Å². The van der Waals surface area contributed by atoms with Gasteiger partial charge in [-0.3, -0.25) is 4.98 Å². The maximum Gasteiger partial charge on any atom is 0.243 e. The van der Waals surface area contributed by atoms with Crippen LogP contribution in [0.1, 0.15) is 36.8 Å². The van der Waals surface area contributed by atoms with Crippen molar-refractivity contribution >= 4 is 21.6 Å². The summed E-state index contributed by atoms with van der Waals surface area (Å²) in [4.78, 5) is 4.34. The molecule has 1 aliphatic carbocycles. The number of aromatic nitrogens is 1. The monoisotopic (exact) mass is 406 g/mol. The quantitative estimate of drug-likeness (QED) is 0.773. The first kappa shape index (κ1) is 18.7. The van der Waals surface area contributed by atoms with E-state index in [2.05, 4.69) is 4.98 Å². The van der Waals surface area contributed by atoms with E-state index in [1.807, 2.05) is 12.1 Å². The molecule has 27 heavy (non-hydrogen) atoms. The second-order valence-electron chi connectivity index (χ2n) is 7.19. The molecule has 1 saturated heterocycles. The van der Waals surface area contributed by atoms with Crippen molar-refractivity contribution < 1.29 is 13.2 Å². The van der Waals surface area contributed by atoms with Crippen LogP contribution in [0.3, 0.4) is 0 Å². The largest absolute Gasteiger partial charge is 0.487 e. The van der Waals surface area contributed by atoms with E-state index in [0.29, 0.717) is 28.8 Å². The van der Waals surface area contributed by atoms with Crippen LogP contribution in [-0.2, 0) is 22.9 Å². The van der Waals surface area contributed by atoms with Crippen molar-refractivity contribution in [2.24, 2.45) is 0 Å². The van der Waals surface area contributed by atoms with Gasteiger partial charge in [-0.2, -0.15) is 4.31 Å². The van der Waals surface area contributed by atoms with Crippen molar-refractivity contribution in [3.8, 4) is 5.75 Å². The van der Waals surface area contributed by atoms with Gasteiger partial charge in [-0.25, -0.2) is 8.42 Å². The van der Waals surface area contributed by atoms with Crippen LogP contribution in [0.15, 0.2) is 41.6 Å². The molecule has 2 aliphatic rings. The van der Waals surface area contributed by atoms with Gasteiger partial charge in [-0.15, -0.1) is 0 Å². The fraction of sp³-hybridized carbons (Fsp3) is 0.450. The molecule has 0 spiro atoms. The molecule has 7 heteroatoms. The zero-order valence-electron chi connectivity index (χ0n) is 15.1. The number of nitrogens with zero attached hydrogens (tertiary/aromatic N) is 2. The molecule has 2 aromatic rings. The van der Waals surface area contributed by atoms with Gasteiger partial charge in [-0.05, 0) is 61.8 Å². The number of sulfonamides is 1. The fourth-order valence-corrected chi connectivity index (χ4v) is 5.60. The van der Waals surface area contributed by atoms with E-state index >= 15 is 0 Å². The summed E-state index contributed by atoms with van der Waals surface area (Å²) in [6.45, 7) is 0.849. The Morgan fingerprint density at radius 3 is 2.74 bits per heavy atom. The Labute approximate surface area is 165 Å². The van der Waals surface area contributed by atoms with Crippen molar-refractivity contribution in [1.82, 2.24) is 9.29 Å². The highest BCUT2D eigenvalue weighted by Gasteiger charge is 2.32. The van der Waals surface area contributed by atoms with E-state index in [0.717, 1.165) is 32.1 Å².